The fourth-order valence-corrected chi connectivity index (χ4v) is 2.44. The van der Waals surface area contributed by atoms with Crippen LogP contribution in [0.3, 0.4) is 0 Å². The molecule has 2 aromatic heterocycles. The molecule has 1 unspecified atom stereocenters. The lowest BCUT2D eigenvalue weighted by Crippen LogP contribution is -2.34. The number of benzene rings is 1. The second-order valence-corrected chi connectivity index (χ2v) is 5.29. The van der Waals surface area contributed by atoms with Gasteiger partial charge in [0.1, 0.15) is 17.6 Å². The standard InChI is InChI=1S/C18H18N2O3/c21-16(17-9-5-11-23-17)13-20(12-14-6-2-1-3-7-14)18(22)15-8-4-10-19-15/h1-11,16,19,21H,12-13H2. The Morgan fingerprint density at radius 3 is 2.61 bits per heavy atom. The Morgan fingerprint density at radius 2 is 1.96 bits per heavy atom. The van der Waals surface area contributed by atoms with Crippen LogP contribution >= 0.6 is 0 Å². The molecule has 3 rings (SSSR count). The first kappa shape index (κ1) is 15.1. The predicted octanol–water partition coefficient (Wildman–Crippen LogP) is 2.98. The minimum Gasteiger partial charge on any atom is -0.467 e. The van der Waals surface area contributed by atoms with E-state index >= 15 is 0 Å². The normalized spacial score (nSPS) is 12.0. The third-order valence-electron chi connectivity index (χ3n) is 3.60. The molecule has 23 heavy (non-hydrogen) atoms. The Bertz CT molecular complexity index is 721. The minimum absolute atomic E-state index is 0.153. The fraction of sp³-hybridized carbons (Fsp3) is 0.167. The molecule has 3 aromatic rings. The van der Waals surface area contributed by atoms with Crippen molar-refractivity contribution in [2.75, 3.05) is 6.54 Å². The molecule has 0 spiro atoms. The van der Waals surface area contributed by atoms with Crippen molar-refractivity contribution in [3.05, 3.63) is 84.1 Å². The van der Waals surface area contributed by atoms with Crippen LogP contribution in [0.1, 0.15) is 27.9 Å². The minimum atomic E-state index is -0.868. The van der Waals surface area contributed by atoms with Gasteiger partial charge >= 0.3 is 0 Å². The number of aromatic nitrogens is 1. The number of nitrogens with zero attached hydrogens (tertiary/aromatic N) is 1. The maximum Gasteiger partial charge on any atom is 0.270 e. The molecular weight excluding hydrogens is 292 g/mol. The number of aliphatic hydroxyl groups is 1. The van der Waals surface area contributed by atoms with Gasteiger partial charge in [0.25, 0.3) is 5.91 Å². The van der Waals surface area contributed by atoms with Crippen LogP contribution in [-0.4, -0.2) is 27.4 Å². The molecule has 1 aromatic carbocycles. The van der Waals surface area contributed by atoms with Crippen LogP contribution in [0.25, 0.3) is 0 Å². The van der Waals surface area contributed by atoms with Gasteiger partial charge in [0.2, 0.25) is 0 Å². The van der Waals surface area contributed by atoms with Crippen molar-refractivity contribution in [1.29, 1.82) is 0 Å². The van der Waals surface area contributed by atoms with E-state index in [1.807, 2.05) is 30.3 Å². The van der Waals surface area contributed by atoms with E-state index in [0.717, 1.165) is 5.56 Å². The topological polar surface area (TPSA) is 69.5 Å². The molecule has 0 saturated carbocycles. The number of aliphatic hydroxyl groups excluding tert-OH is 1. The Morgan fingerprint density at radius 1 is 1.13 bits per heavy atom. The van der Waals surface area contributed by atoms with E-state index in [2.05, 4.69) is 4.98 Å². The highest BCUT2D eigenvalue weighted by Crippen LogP contribution is 2.18. The molecular formula is C18H18N2O3. The van der Waals surface area contributed by atoms with Crippen molar-refractivity contribution in [1.82, 2.24) is 9.88 Å². The van der Waals surface area contributed by atoms with E-state index in [0.29, 0.717) is 18.0 Å². The first-order chi connectivity index (χ1) is 11.2. The van der Waals surface area contributed by atoms with Gasteiger partial charge in [-0.25, -0.2) is 0 Å². The van der Waals surface area contributed by atoms with Crippen LogP contribution in [0.5, 0.6) is 0 Å². The largest absolute Gasteiger partial charge is 0.467 e. The summed E-state index contributed by atoms with van der Waals surface area (Å²) in [7, 11) is 0. The number of rotatable bonds is 6. The molecule has 0 radical (unpaired) electrons. The summed E-state index contributed by atoms with van der Waals surface area (Å²) in [5.74, 6) is 0.284. The van der Waals surface area contributed by atoms with E-state index in [1.54, 1.807) is 35.4 Å². The fourth-order valence-electron chi connectivity index (χ4n) is 2.44. The number of nitrogens with one attached hydrogen (secondary N) is 1. The second-order valence-electron chi connectivity index (χ2n) is 5.29. The monoisotopic (exact) mass is 310 g/mol. The number of carbonyl (C=O) groups is 1. The summed E-state index contributed by atoms with van der Waals surface area (Å²) in [5, 5.41) is 10.3. The zero-order valence-electron chi connectivity index (χ0n) is 12.6. The van der Waals surface area contributed by atoms with Crippen LogP contribution < -0.4 is 0 Å². The van der Waals surface area contributed by atoms with Crippen molar-refractivity contribution in [2.45, 2.75) is 12.6 Å². The van der Waals surface area contributed by atoms with E-state index in [9.17, 15) is 9.90 Å². The zero-order chi connectivity index (χ0) is 16.1. The van der Waals surface area contributed by atoms with Crippen LogP contribution in [0.15, 0.2) is 71.5 Å². The van der Waals surface area contributed by atoms with Crippen molar-refractivity contribution >= 4 is 5.91 Å². The SMILES string of the molecule is O=C(c1ccc[nH]1)N(Cc1ccccc1)CC(O)c1ccco1. The molecule has 1 amide bonds. The molecule has 5 nitrogen and oxygen atoms in total. The highest BCUT2D eigenvalue weighted by molar-refractivity contribution is 5.92. The molecule has 118 valence electrons. The van der Waals surface area contributed by atoms with Gasteiger partial charge in [-0.3, -0.25) is 4.79 Å². The van der Waals surface area contributed by atoms with Gasteiger partial charge < -0.3 is 19.4 Å². The number of hydrogen-bond donors (Lipinski definition) is 2. The molecule has 0 saturated heterocycles. The van der Waals surface area contributed by atoms with Gasteiger partial charge in [0.05, 0.1) is 12.8 Å². The van der Waals surface area contributed by atoms with Gasteiger partial charge in [0, 0.05) is 12.7 Å². The first-order valence-electron chi connectivity index (χ1n) is 7.42. The average Bonchev–Trinajstić information content (AvgIpc) is 3.27. The maximum absolute atomic E-state index is 12.7. The second kappa shape index (κ2) is 6.98. The summed E-state index contributed by atoms with van der Waals surface area (Å²) in [6.45, 7) is 0.566. The molecule has 0 aliphatic heterocycles. The maximum atomic E-state index is 12.7. The highest BCUT2D eigenvalue weighted by Gasteiger charge is 2.22. The number of H-pyrrole nitrogens is 1. The van der Waals surface area contributed by atoms with Gasteiger partial charge in [-0.15, -0.1) is 0 Å². The Kier molecular flexibility index (Phi) is 4.59. The summed E-state index contributed by atoms with van der Waals surface area (Å²) < 4.78 is 5.22. The molecule has 2 heterocycles. The Balaban J connectivity index is 1.79. The summed E-state index contributed by atoms with van der Waals surface area (Å²) >= 11 is 0. The van der Waals surface area contributed by atoms with Gasteiger partial charge in [-0.1, -0.05) is 30.3 Å². The Hall–Kier alpha value is -2.79. The predicted molar refractivity (Wildman–Crippen MR) is 85.6 cm³/mol. The van der Waals surface area contributed by atoms with Crippen LogP contribution in [0, 0.1) is 0 Å². The number of carbonyl (C=O) groups excluding carboxylic acids is 1. The van der Waals surface area contributed by atoms with Crippen LogP contribution in [-0.2, 0) is 6.54 Å². The quantitative estimate of drug-likeness (QED) is 0.735. The summed E-state index contributed by atoms with van der Waals surface area (Å²) in [6.07, 6.45) is 2.34. The van der Waals surface area contributed by atoms with E-state index in [4.69, 9.17) is 4.42 Å². The summed E-state index contributed by atoms with van der Waals surface area (Å²) in [5.41, 5.74) is 1.49. The van der Waals surface area contributed by atoms with Crippen LogP contribution in [0.2, 0.25) is 0 Å². The van der Waals surface area contributed by atoms with E-state index in [1.165, 1.54) is 6.26 Å². The number of hydrogen-bond acceptors (Lipinski definition) is 3. The van der Waals surface area contributed by atoms with E-state index in [-0.39, 0.29) is 12.5 Å². The lowest BCUT2D eigenvalue weighted by atomic mass is 10.1. The van der Waals surface area contributed by atoms with Crippen molar-refractivity contribution in [3.63, 3.8) is 0 Å². The van der Waals surface area contributed by atoms with Crippen molar-refractivity contribution in [2.24, 2.45) is 0 Å². The lowest BCUT2D eigenvalue weighted by molar-refractivity contribution is 0.0558. The summed E-state index contributed by atoms with van der Waals surface area (Å²) in [4.78, 5) is 17.2. The highest BCUT2D eigenvalue weighted by atomic mass is 16.4. The molecule has 0 aliphatic rings. The number of amides is 1. The molecule has 0 aliphatic carbocycles. The van der Waals surface area contributed by atoms with Crippen molar-refractivity contribution in [3.8, 4) is 0 Å². The third-order valence-corrected chi connectivity index (χ3v) is 3.60. The Labute approximate surface area is 134 Å². The molecule has 5 heteroatoms. The van der Waals surface area contributed by atoms with Gasteiger partial charge in [-0.2, -0.15) is 0 Å². The smallest absolute Gasteiger partial charge is 0.270 e. The lowest BCUT2D eigenvalue weighted by Gasteiger charge is -2.24. The molecule has 1 atom stereocenters. The van der Waals surface area contributed by atoms with Crippen LogP contribution in [0.4, 0.5) is 0 Å². The number of furan rings is 1. The molecule has 0 bridgehead atoms. The van der Waals surface area contributed by atoms with E-state index < -0.39 is 6.10 Å². The number of aromatic amines is 1. The zero-order valence-corrected chi connectivity index (χ0v) is 12.6. The van der Waals surface area contributed by atoms with Gasteiger partial charge in [-0.05, 0) is 29.8 Å². The van der Waals surface area contributed by atoms with Gasteiger partial charge in [0.15, 0.2) is 0 Å². The first-order valence-corrected chi connectivity index (χ1v) is 7.42. The third kappa shape index (κ3) is 3.70. The molecule has 0 fully saturated rings. The molecule has 2 N–H and O–H groups in total. The summed E-state index contributed by atoms with van der Waals surface area (Å²) in [6, 6.07) is 16.6. The average molecular weight is 310 g/mol. The van der Waals surface area contributed by atoms with Crippen molar-refractivity contribution < 1.29 is 14.3 Å².